The van der Waals surface area contributed by atoms with Crippen LogP contribution in [0.1, 0.15) is 0 Å². The summed E-state index contributed by atoms with van der Waals surface area (Å²) in [6, 6.07) is 0. The lowest BCUT2D eigenvalue weighted by Gasteiger charge is -2.02. The van der Waals surface area contributed by atoms with Gasteiger partial charge >= 0.3 is 0 Å². The Labute approximate surface area is 79.8 Å². The fourth-order valence-corrected chi connectivity index (χ4v) is 1.33. The maximum absolute atomic E-state index is 11.2. The van der Waals surface area contributed by atoms with Gasteiger partial charge in [-0.1, -0.05) is 11.6 Å². The molecule has 0 aliphatic heterocycles. The molecule has 5 heteroatoms. The molecule has 1 heterocycles. The fourth-order valence-electron chi connectivity index (χ4n) is 0.786. The lowest BCUT2D eigenvalue weighted by atomic mass is 10.6. The highest BCUT2D eigenvalue weighted by molar-refractivity contribution is 7.98. The van der Waals surface area contributed by atoms with E-state index in [1.807, 2.05) is 6.26 Å². The van der Waals surface area contributed by atoms with Crippen molar-refractivity contribution in [2.45, 2.75) is 6.54 Å². The average molecular weight is 205 g/mol. The molecule has 1 aromatic heterocycles. The molecule has 0 N–H and O–H groups in total. The van der Waals surface area contributed by atoms with Crippen molar-refractivity contribution >= 4 is 23.4 Å². The van der Waals surface area contributed by atoms with Gasteiger partial charge in [0.05, 0.1) is 0 Å². The molecule has 0 aliphatic rings. The third kappa shape index (κ3) is 2.25. The maximum Gasteiger partial charge on any atom is 0.288 e. The number of hydrogen-bond acceptors (Lipinski definition) is 3. The fraction of sp³-hybridized carbons (Fsp3) is 0.429. The standard InChI is InChI=1S/C7H9ClN2OS/c1-12-5-4-10-3-2-9-6(8)7(10)11/h2-3H,4-5H2,1H3. The van der Waals surface area contributed by atoms with Crippen molar-refractivity contribution < 1.29 is 0 Å². The number of hydrogen-bond donors (Lipinski definition) is 0. The Kier molecular flexibility index (Phi) is 3.62. The molecule has 0 amide bonds. The van der Waals surface area contributed by atoms with Crippen LogP contribution in [0.15, 0.2) is 17.2 Å². The largest absolute Gasteiger partial charge is 0.311 e. The van der Waals surface area contributed by atoms with Gasteiger partial charge in [0.1, 0.15) is 0 Å². The van der Waals surface area contributed by atoms with E-state index < -0.39 is 0 Å². The minimum atomic E-state index is -0.215. The monoisotopic (exact) mass is 204 g/mol. The van der Waals surface area contributed by atoms with E-state index in [2.05, 4.69) is 4.98 Å². The second-order valence-corrected chi connectivity index (χ2v) is 3.55. The molecule has 0 fully saturated rings. The van der Waals surface area contributed by atoms with Crippen molar-refractivity contribution in [3.63, 3.8) is 0 Å². The van der Waals surface area contributed by atoms with Gasteiger partial charge in [-0.3, -0.25) is 4.79 Å². The van der Waals surface area contributed by atoms with Gasteiger partial charge in [0.15, 0.2) is 5.15 Å². The molecular formula is C7H9ClN2OS. The van der Waals surface area contributed by atoms with Crippen LogP contribution in [-0.2, 0) is 6.54 Å². The summed E-state index contributed by atoms with van der Waals surface area (Å²) >= 11 is 7.23. The summed E-state index contributed by atoms with van der Waals surface area (Å²) in [5.74, 6) is 0.903. The molecule has 0 unspecified atom stereocenters. The van der Waals surface area contributed by atoms with E-state index in [9.17, 15) is 4.79 Å². The van der Waals surface area contributed by atoms with E-state index in [0.29, 0.717) is 6.54 Å². The molecule has 0 bridgehead atoms. The van der Waals surface area contributed by atoms with Gasteiger partial charge in [0.25, 0.3) is 5.56 Å². The lowest BCUT2D eigenvalue weighted by Crippen LogP contribution is -2.21. The van der Waals surface area contributed by atoms with Gasteiger partial charge in [0, 0.05) is 24.7 Å². The highest BCUT2D eigenvalue weighted by atomic mass is 35.5. The van der Waals surface area contributed by atoms with Crippen LogP contribution in [0.3, 0.4) is 0 Å². The molecular weight excluding hydrogens is 196 g/mol. The first-order chi connectivity index (χ1) is 5.75. The quantitative estimate of drug-likeness (QED) is 0.744. The third-order valence-electron chi connectivity index (χ3n) is 1.41. The zero-order valence-electron chi connectivity index (χ0n) is 6.66. The Morgan fingerprint density at radius 3 is 3.17 bits per heavy atom. The van der Waals surface area contributed by atoms with Crippen LogP contribution in [0.2, 0.25) is 5.15 Å². The van der Waals surface area contributed by atoms with Crippen molar-refractivity contribution in [1.29, 1.82) is 0 Å². The van der Waals surface area contributed by atoms with E-state index in [-0.39, 0.29) is 10.7 Å². The van der Waals surface area contributed by atoms with Gasteiger partial charge in [-0.25, -0.2) is 4.98 Å². The predicted molar refractivity (Wildman–Crippen MR) is 51.9 cm³/mol. The van der Waals surface area contributed by atoms with E-state index in [1.54, 1.807) is 22.5 Å². The first-order valence-electron chi connectivity index (χ1n) is 3.45. The summed E-state index contributed by atoms with van der Waals surface area (Å²) in [6.45, 7) is 0.683. The summed E-state index contributed by atoms with van der Waals surface area (Å²) in [4.78, 5) is 14.9. The van der Waals surface area contributed by atoms with Gasteiger partial charge in [-0.2, -0.15) is 11.8 Å². The molecule has 0 aromatic carbocycles. The number of halogens is 1. The Balaban J connectivity index is 2.85. The summed E-state index contributed by atoms with van der Waals surface area (Å²) in [6.07, 6.45) is 5.17. The van der Waals surface area contributed by atoms with Crippen LogP contribution < -0.4 is 5.56 Å². The number of nitrogens with zero attached hydrogens (tertiary/aromatic N) is 2. The van der Waals surface area contributed by atoms with Gasteiger partial charge in [-0.05, 0) is 6.26 Å². The molecule has 12 heavy (non-hydrogen) atoms. The van der Waals surface area contributed by atoms with Crippen LogP contribution in [-0.4, -0.2) is 21.6 Å². The Hall–Kier alpha value is -0.480. The summed E-state index contributed by atoms with van der Waals surface area (Å²) in [5, 5.41) is 0.0404. The van der Waals surface area contributed by atoms with Crippen molar-refractivity contribution in [3.8, 4) is 0 Å². The maximum atomic E-state index is 11.2. The summed E-state index contributed by atoms with van der Waals surface area (Å²) in [7, 11) is 0. The molecule has 3 nitrogen and oxygen atoms in total. The SMILES string of the molecule is CSCCn1ccnc(Cl)c1=O. The van der Waals surface area contributed by atoms with Gasteiger partial charge < -0.3 is 4.57 Å². The summed E-state index contributed by atoms with van der Waals surface area (Å²) in [5.41, 5.74) is -0.215. The molecule has 0 radical (unpaired) electrons. The van der Waals surface area contributed by atoms with Crippen molar-refractivity contribution in [1.82, 2.24) is 9.55 Å². The molecule has 0 saturated heterocycles. The minimum absolute atomic E-state index is 0.0404. The van der Waals surface area contributed by atoms with Gasteiger partial charge in [-0.15, -0.1) is 0 Å². The molecule has 0 atom stereocenters. The van der Waals surface area contributed by atoms with Crippen LogP contribution in [0, 0.1) is 0 Å². The number of thioether (sulfide) groups is 1. The van der Waals surface area contributed by atoms with Gasteiger partial charge in [0.2, 0.25) is 0 Å². The van der Waals surface area contributed by atoms with E-state index in [0.717, 1.165) is 5.75 Å². The molecule has 0 spiro atoms. The van der Waals surface area contributed by atoms with Crippen LogP contribution in [0.4, 0.5) is 0 Å². The zero-order valence-corrected chi connectivity index (χ0v) is 8.23. The van der Waals surface area contributed by atoms with E-state index >= 15 is 0 Å². The van der Waals surface area contributed by atoms with Crippen LogP contribution in [0.25, 0.3) is 0 Å². The summed E-state index contributed by atoms with van der Waals surface area (Å²) < 4.78 is 1.56. The molecule has 1 rings (SSSR count). The van der Waals surface area contributed by atoms with Crippen LogP contribution >= 0.6 is 23.4 Å². The Morgan fingerprint density at radius 2 is 2.50 bits per heavy atom. The topological polar surface area (TPSA) is 34.9 Å². The smallest absolute Gasteiger partial charge is 0.288 e. The molecule has 0 saturated carbocycles. The van der Waals surface area contributed by atoms with Crippen molar-refractivity contribution in [3.05, 3.63) is 27.9 Å². The molecule has 0 aliphatic carbocycles. The first kappa shape index (κ1) is 9.61. The number of aromatic nitrogens is 2. The highest BCUT2D eigenvalue weighted by Gasteiger charge is 1.99. The number of aryl methyl sites for hydroxylation is 1. The van der Waals surface area contributed by atoms with E-state index in [4.69, 9.17) is 11.6 Å². The van der Waals surface area contributed by atoms with E-state index in [1.165, 1.54) is 6.20 Å². The Morgan fingerprint density at radius 1 is 1.75 bits per heavy atom. The third-order valence-corrected chi connectivity index (χ3v) is 2.26. The minimum Gasteiger partial charge on any atom is -0.311 e. The Bertz CT molecular complexity index is 313. The normalized spacial score (nSPS) is 10.2. The van der Waals surface area contributed by atoms with Crippen molar-refractivity contribution in [2.75, 3.05) is 12.0 Å². The lowest BCUT2D eigenvalue weighted by molar-refractivity contribution is 0.726. The molecule has 1 aromatic rings. The highest BCUT2D eigenvalue weighted by Crippen LogP contribution is 1.96. The first-order valence-corrected chi connectivity index (χ1v) is 5.23. The average Bonchev–Trinajstić information content (AvgIpc) is 2.08. The second-order valence-electron chi connectivity index (χ2n) is 2.21. The van der Waals surface area contributed by atoms with Crippen LogP contribution in [0.5, 0.6) is 0 Å². The number of rotatable bonds is 3. The second kappa shape index (κ2) is 4.52. The molecule has 66 valence electrons. The van der Waals surface area contributed by atoms with Crippen molar-refractivity contribution in [2.24, 2.45) is 0 Å². The predicted octanol–water partition coefficient (Wildman–Crippen LogP) is 1.26. The zero-order chi connectivity index (χ0) is 8.97.